The number of benzene rings is 2. The first-order valence-electron chi connectivity index (χ1n) is 9.62. The van der Waals surface area contributed by atoms with Gasteiger partial charge in [-0.1, -0.05) is 54.1 Å². The highest BCUT2D eigenvalue weighted by atomic mass is 35.5. The molecule has 0 spiro atoms. The first-order chi connectivity index (χ1) is 14.5. The SMILES string of the molecule is CC(NC(=O)c1cc2cccnc2n(Cc2ccc(Cl)cc2)c1=O)c1ccccc1. The van der Waals surface area contributed by atoms with E-state index in [2.05, 4.69) is 10.3 Å². The molecule has 2 aromatic heterocycles. The molecule has 4 aromatic rings. The van der Waals surface area contributed by atoms with Crippen molar-refractivity contribution in [2.75, 3.05) is 0 Å². The van der Waals surface area contributed by atoms with E-state index in [1.165, 1.54) is 4.57 Å². The van der Waals surface area contributed by atoms with E-state index in [0.717, 1.165) is 16.5 Å². The number of hydrogen-bond donors (Lipinski definition) is 1. The second-order valence-corrected chi connectivity index (χ2v) is 7.53. The number of halogens is 1. The number of amides is 1. The quantitative estimate of drug-likeness (QED) is 0.516. The highest BCUT2D eigenvalue weighted by Crippen LogP contribution is 2.16. The zero-order chi connectivity index (χ0) is 21.1. The number of nitrogens with one attached hydrogen (secondary N) is 1. The van der Waals surface area contributed by atoms with Crippen LogP contribution in [0.4, 0.5) is 0 Å². The van der Waals surface area contributed by atoms with E-state index in [1.54, 1.807) is 30.5 Å². The summed E-state index contributed by atoms with van der Waals surface area (Å²) < 4.78 is 1.53. The van der Waals surface area contributed by atoms with Crippen LogP contribution in [-0.2, 0) is 6.54 Å². The van der Waals surface area contributed by atoms with Crippen molar-refractivity contribution in [1.82, 2.24) is 14.9 Å². The molecule has 2 heterocycles. The fourth-order valence-electron chi connectivity index (χ4n) is 3.39. The smallest absolute Gasteiger partial charge is 0.265 e. The molecule has 0 fully saturated rings. The highest BCUT2D eigenvalue weighted by Gasteiger charge is 2.18. The maximum Gasteiger partial charge on any atom is 0.265 e. The number of aromatic nitrogens is 2. The van der Waals surface area contributed by atoms with Crippen LogP contribution in [0.3, 0.4) is 0 Å². The molecule has 4 rings (SSSR count). The van der Waals surface area contributed by atoms with Gasteiger partial charge in [-0.25, -0.2) is 4.98 Å². The molecule has 0 saturated heterocycles. The van der Waals surface area contributed by atoms with Gasteiger partial charge in [0.1, 0.15) is 11.2 Å². The van der Waals surface area contributed by atoms with E-state index in [0.29, 0.717) is 17.2 Å². The molecular weight excluding hydrogens is 398 g/mol. The minimum Gasteiger partial charge on any atom is -0.345 e. The van der Waals surface area contributed by atoms with Gasteiger partial charge in [0, 0.05) is 16.6 Å². The predicted octanol–water partition coefficient (Wildman–Crippen LogP) is 4.59. The second kappa shape index (κ2) is 8.51. The Labute approximate surface area is 179 Å². The predicted molar refractivity (Wildman–Crippen MR) is 119 cm³/mol. The second-order valence-electron chi connectivity index (χ2n) is 7.10. The lowest BCUT2D eigenvalue weighted by atomic mass is 10.1. The molecule has 0 aliphatic carbocycles. The van der Waals surface area contributed by atoms with Crippen molar-refractivity contribution in [3.8, 4) is 0 Å². The van der Waals surface area contributed by atoms with Crippen LogP contribution in [-0.4, -0.2) is 15.5 Å². The van der Waals surface area contributed by atoms with Gasteiger partial charge in [0.2, 0.25) is 0 Å². The molecule has 6 heteroatoms. The normalized spacial score (nSPS) is 11.9. The van der Waals surface area contributed by atoms with Crippen LogP contribution in [0.5, 0.6) is 0 Å². The van der Waals surface area contributed by atoms with E-state index >= 15 is 0 Å². The average Bonchev–Trinajstić information content (AvgIpc) is 2.77. The summed E-state index contributed by atoms with van der Waals surface area (Å²) in [6.45, 7) is 2.18. The number of carbonyl (C=O) groups excluding carboxylic acids is 1. The maximum absolute atomic E-state index is 13.2. The molecule has 0 radical (unpaired) electrons. The average molecular weight is 418 g/mol. The van der Waals surface area contributed by atoms with Gasteiger partial charge in [0.25, 0.3) is 11.5 Å². The Morgan fingerprint density at radius 2 is 1.80 bits per heavy atom. The van der Waals surface area contributed by atoms with Gasteiger partial charge < -0.3 is 5.32 Å². The van der Waals surface area contributed by atoms with Crippen LogP contribution in [0.1, 0.15) is 34.5 Å². The number of nitrogens with zero attached hydrogens (tertiary/aromatic N) is 2. The molecule has 5 nitrogen and oxygen atoms in total. The van der Waals surface area contributed by atoms with Crippen LogP contribution in [0.25, 0.3) is 11.0 Å². The Kier molecular flexibility index (Phi) is 5.63. The Balaban J connectivity index is 1.73. The number of hydrogen-bond acceptors (Lipinski definition) is 3. The van der Waals surface area contributed by atoms with Crippen LogP contribution in [0.2, 0.25) is 5.02 Å². The van der Waals surface area contributed by atoms with Crippen molar-refractivity contribution >= 4 is 28.5 Å². The van der Waals surface area contributed by atoms with E-state index < -0.39 is 5.91 Å². The van der Waals surface area contributed by atoms with Crippen LogP contribution in [0, 0.1) is 0 Å². The first-order valence-corrected chi connectivity index (χ1v) is 9.99. The van der Waals surface area contributed by atoms with Gasteiger partial charge in [0.15, 0.2) is 0 Å². The summed E-state index contributed by atoms with van der Waals surface area (Å²) in [6.07, 6.45) is 1.64. The Bertz CT molecular complexity index is 1250. The van der Waals surface area contributed by atoms with E-state index in [9.17, 15) is 9.59 Å². The molecule has 0 bridgehead atoms. The Morgan fingerprint density at radius 1 is 1.07 bits per heavy atom. The molecule has 0 saturated carbocycles. The Hall–Kier alpha value is -3.44. The van der Waals surface area contributed by atoms with Crippen LogP contribution >= 0.6 is 11.6 Å². The fraction of sp³-hybridized carbons (Fsp3) is 0.125. The fourth-order valence-corrected chi connectivity index (χ4v) is 3.51. The molecule has 1 N–H and O–H groups in total. The topological polar surface area (TPSA) is 64.0 Å². The lowest BCUT2D eigenvalue weighted by molar-refractivity contribution is 0.0938. The number of carbonyl (C=O) groups is 1. The summed E-state index contributed by atoms with van der Waals surface area (Å²) in [5.74, 6) is -0.410. The van der Waals surface area contributed by atoms with Crippen molar-refractivity contribution in [2.45, 2.75) is 19.5 Å². The van der Waals surface area contributed by atoms with Gasteiger partial charge in [-0.3, -0.25) is 14.2 Å². The van der Waals surface area contributed by atoms with Crippen molar-refractivity contribution in [3.63, 3.8) is 0 Å². The molecule has 1 atom stereocenters. The van der Waals surface area contributed by atoms with E-state index in [4.69, 9.17) is 11.6 Å². The van der Waals surface area contributed by atoms with Gasteiger partial charge in [-0.15, -0.1) is 0 Å². The standard InChI is InChI=1S/C24H20ClN3O2/c1-16(18-6-3-2-4-7-18)27-23(29)21-14-19-8-5-13-26-22(19)28(24(21)30)15-17-9-11-20(25)12-10-17/h2-14,16H,15H2,1H3,(H,27,29). The van der Waals surface area contributed by atoms with E-state index in [1.807, 2.05) is 55.5 Å². The van der Waals surface area contributed by atoms with Gasteiger partial charge in [-0.2, -0.15) is 0 Å². The molecule has 30 heavy (non-hydrogen) atoms. The lowest BCUT2D eigenvalue weighted by Gasteiger charge is -2.16. The number of fused-ring (bicyclic) bond motifs is 1. The minimum absolute atomic E-state index is 0.0900. The summed E-state index contributed by atoms with van der Waals surface area (Å²) in [4.78, 5) is 30.6. The first kappa shape index (κ1) is 19.9. The van der Waals surface area contributed by atoms with Crippen molar-refractivity contribution in [3.05, 3.63) is 111 Å². The molecular formula is C24H20ClN3O2. The molecule has 0 aliphatic heterocycles. The van der Waals surface area contributed by atoms with E-state index in [-0.39, 0.29) is 17.2 Å². The monoisotopic (exact) mass is 417 g/mol. The minimum atomic E-state index is -0.410. The third-order valence-electron chi connectivity index (χ3n) is 4.99. The maximum atomic E-state index is 13.2. The zero-order valence-corrected chi connectivity index (χ0v) is 17.1. The van der Waals surface area contributed by atoms with Crippen LogP contribution < -0.4 is 10.9 Å². The van der Waals surface area contributed by atoms with Crippen molar-refractivity contribution < 1.29 is 4.79 Å². The van der Waals surface area contributed by atoms with Gasteiger partial charge in [0.05, 0.1) is 12.6 Å². The summed E-state index contributed by atoms with van der Waals surface area (Å²) in [5.41, 5.74) is 2.10. The van der Waals surface area contributed by atoms with Crippen molar-refractivity contribution in [1.29, 1.82) is 0 Å². The van der Waals surface area contributed by atoms with Gasteiger partial charge >= 0.3 is 0 Å². The van der Waals surface area contributed by atoms with Crippen molar-refractivity contribution in [2.24, 2.45) is 0 Å². The number of pyridine rings is 2. The number of rotatable bonds is 5. The lowest BCUT2D eigenvalue weighted by Crippen LogP contribution is -2.35. The molecule has 0 aliphatic rings. The summed E-state index contributed by atoms with van der Waals surface area (Å²) in [7, 11) is 0. The summed E-state index contributed by atoms with van der Waals surface area (Å²) in [5, 5.41) is 4.27. The molecule has 150 valence electrons. The third-order valence-corrected chi connectivity index (χ3v) is 5.25. The summed E-state index contributed by atoms with van der Waals surface area (Å²) >= 11 is 5.97. The molecule has 2 aromatic carbocycles. The largest absolute Gasteiger partial charge is 0.345 e. The Morgan fingerprint density at radius 3 is 2.53 bits per heavy atom. The third kappa shape index (κ3) is 4.11. The van der Waals surface area contributed by atoms with Gasteiger partial charge in [-0.05, 0) is 48.4 Å². The van der Waals surface area contributed by atoms with Crippen LogP contribution in [0.15, 0.2) is 83.8 Å². The highest BCUT2D eigenvalue weighted by molar-refractivity contribution is 6.30. The zero-order valence-electron chi connectivity index (χ0n) is 16.4. The molecule has 1 amide bonds. The summed E-state index contributed by atoms with van der Waals surface area (Å²) in [6, 6.07) is 21.9. The molecule has 1 unspecified atom stereocenters.